The van der Waals surface area contributed by atoms with Crippen molar-refractivity contribution in [3.8, 4) is 17.2 Å². The Kier molecular flexibility index (Phi) is 12.9. The molecule has 52 heavy (non-hydrogen) atoms. The predicted octanol–water partition coefficient (Wildman–Crippen LogP) is 6.32. The van der Waals surface area contributed by atoms with Crippen LogP contribution in [-0.4, -0.2) is 36.3 Å². The topological polar surface area (TPSA) is 149 Å². The molecule has 0 radical (unpaired) electrons. The van der Waals surface area contributed by atoms with Crippen LogP contribution in [0.3, 0.4) is 0 Å². The zero-order valence-corrected chi connectivity index (χ0v) is 29.4. The van der Waals surface area contributed by atoms with E-state index in [0.29, 0.717) is 53.9 Å². The fraction of sp³-hybridized carbons (Fsp3) is 0.209. The maximum absolute atomic E-state index is 14.1. The van der Waals surface area contributed by atoms with Gasteiger partial charge < -0.3 is 27.0 Å². The smallest absolute Gasteiger partial charge is 0.251 e. The SMILES string of the molecule is CC[C@H](NC[C@@H](Cc1ccccc1)NC(=O)c1cc(C(=O)N[C@H](C)c2ccccc2)cc(-c2ccccc2C#N)c1)C(=O)NCc1ccc(N)cc1. The van der Waals surface area contributed by atoms with Crippen LogP contribution >= 0.6 is 0 Å². The molecule has 5 aromatic carbocycles. The summed E-state index contributed by atoms with van der Waals surface area (Å²) in [6, 6.07) is 39.9. The molecule has 0 unspecified atom stereocenters. The second kappa shape index (κ2) is 18.1. The van der Waals surface area contributed by atoms with E-state index < -0.39 is 12.1 Å². The van der Waals surface area contributed by atoms with Gasteiger partial charge >= 0.3 is 0 Å². The number of nitrogens with two attached hydrogens (primary N) is 1. The van der Waals surface area contributed by atoms with Crippen molar-refractivity contribution in [2.75, 3.05) is 12.3 Å². The van der Waals surface area contributed by atoms with Crippen LogP contribution in [0.2, 0.25) is 0 Å². The van der Waals surface area contributed by atoms with Gasteiger partial charge in [0.05, 0.1) is 23.7 Å². The van der Waals surface area contributed by atoms with Crippen LogP contribution in [-0.2, 0) is 17.8 Å². The minimum absolute atomic E-state index is 0.145. The number of carbonyl (C=O) groups is 3. The minimum atomic E-state index is -0.489. The fourth-order valence-electron chi connectivity index (χ4n) is 5.98. The van der Waals surface area contributed by atoms with E-state index in [0.717, 1.165) is 16.7 Å². The molecule has 0 aliphatic rings. The average Bonchev–Trinajstić information content (AvgIpc) is 3.18. The monoisotopic (exact) mass is 692 g/mol. The van der Waals surface area contributed by atoms with Crippen molar-refractivity contribution in [3.05, 3.63) is 161 Å². The molecule has 0 aromatic heterocycles. The highest BCUT2D eigenvalue weighted by Gasteiger charge is 2.22. The summed E-state index contributed by atoms with van der Waals surface area (Å²) in [6.45, 7) is 4.51. The summed E-state index contributed by atoms with van der Waals surface area (Å²) < 4.78 is 0. The summed E-state index contributed by atoms with van der Waals surface area (Å²) in [7, 11) is 0. The van der Waals surface area contributed by atoms with Crippen molar-refractivity contribution >= 4 is 23.4 Å². The number of hydrogen-bond acceptors (Lipinski definition) is 6. The van der Waals surface area contributed by atoms with Crippen LogP contribution in [0.15, 0.2) is 127 Å². The third-order valence-corrected chi connectivity index (χ3v) is 8.91. The summed E-state index contributed by atoms with van der Waals surface area (Å²) in [4.78, 5) is 41.0. The molecule has 9 heteroatoms. The molecule has 5 rings (SSSR count). The van der Waals surface area contributed by atoms with Crippen LogP contribution in [0.4, 0.5) is 5.69 Å². The fourth-order valence-corrected chi connectivity index (χ4v) is 5.98. The van der Waals surface area contributed by atoms with Gasteiger partial charge in [-0.25, -0.2) is 0 Å². The zero-order chi connectivity index (χ0) is 36.9. The van der Waals surface area contributed by atoms with E-state index in [2.05, 4.69) is 27.3 Å². The van der Waals surface area contributed by atoms with Gasteiger partial charge in [0, 0.05) is 35.9 Å². The number of benzene rings is 5. The van der Waals surface area contributed by atoms with E-state index in [4.69, 9.17) is 5.73 Å². The lowest BCUT2D eigenvalue weighted by molar-refractivity contribution is -0.123. The van der Waals surface area contributed by atoms with Crippen molar-refractivity contribution in [2.24, 2.45) is 0 Å². The summed E-state index contributed by atoms with van der Waals surface area (Å²) in [5.41, 5.74) is 11.5. The van der Waals surface area contributed by atoms with E-state index in [-0.39, 0.29) is 29.3 Å². The Morgan fingerprint density at radius 1 is 0.750 bits per heavy atom. The second-order valence-electron chi connectivity index (χ2n) is 12.8. The van der Waals surface area contributed by atoms with Crippen LogP contribution in [0.25, 0.3) is 11.1 Å². The first-order valence-electron chi connectivity index (χ1n) is 17.4. The largest absolute Gasteiger partial charge is 0.399 e. The molecular formula is C43H44N6O3. The number of carbonyl (C=O) groups excluding carboxylic acids is 3. The number of nitrogen functional groups attached to an aromatic ring is 1. The second-order valence-corrected chi connectivity index (χ2v) is 12.8. The molecule has 0 bridgehead atoms. The number of nitrogens with one attached hydrogen (secondary N) is 4. The van der Waals surface area contributed by atoms with E-state index in [9.17, 15) is 19.6 Å². The molecule has 0 spiro atoms. The van der Waals surface area contributed by atoms with E-state index in [1.54, 1.807) is 48.5 Å². The molecule has 5 aromatic rings. The highest BCUT2D eigenvalue weighted by atomic mass is 16.2. The normalized spacial score (nSPS) is 12.5. The van der Waals surface area contributed by atoms with E-state index in [1.165, 1.54) is 0 Å². The number of nitrogens with zero attached hydrogens (tertiary/aromatic N) is 1. The van der Waals surface area contributed by atoms with Gasteiger partial charge in [-0.2, -0.15) is 5.26 Å². The molecule has 264 valence electrons. The molecule has 9 nitrogen and oxygen atoms in total. The molecule has 0 heterocycles. The van der Waals surface area contributed by atoms with Crippen LogP contribution < -0.4 is 27.0 Å². The molecule has 3 amide bonds. The molecular weight excluding hydrogens is 649 g/mol. The Morgan fingerprint density at radius 2 is 1.37 bits per heavy atom. The Morgan fingerprint density at radius 3 is 2.02 bits per heavy atom. The standard InChI is InChI=1S/C43H44N6O3/c1-3-40(43(52)47-27-31-18-20-37(45)21-19-31)46-28-38(22-30-12-6-4-7-13-30)49-42(51)36-24-34(39-17-11-10-16-33(39)26-44)23-35(25-36)41(50)48-29(2)32-14-8-5-9-15-32/h4-21,23-25,29,38,40,46H,3,22,27-28,45H2,1-2H3,(H,47,52)(H,48,50)(H,49,51)/t29-,38-,40+/m1/s1. The predicted molar refractivity (Wildman–Crippen MR) is 205 cm³/mol. The third kappa shape index (κ3) is 10.2. The maximum atomic E-state index is 14.1. The van der Waals surface area contributed by atoms with Gasteiger partial charge in [-0.1, -0.05) is 97.9 Å². The number of hydrogen-bond donors (Lipinski definition) is 5. The van der Waals surface area contributed by atoms with Crippen molar-refractivity contribution < 1.29 is 14.4 Å². The van der Waals surface area contributed by atoms with Gasteiger partial charge in [0.1, 0.15) is 0 Å². The number of amides is 3. The maximum Gasteiger partial charge on any atom is 0.251 e. The average molecular weight is 693 g/mol. The molecule has 0 saturated heterocycles. The first-order valence-corrected chi connectivity index (χ1v) is 17.4. The van der Waals surface area contributed by atoms with Gasteiger partial charge in [-0.15, -0.1) is 0 Å². The lowest BCUT2D eigenvalue weighted by Gasteiger charge is -2.24. The van der Waals surface area contributed by atoms with Gasteiger partial charge in [-0.05, 0) is 84.0 Å². The Labute approximate surface area is 305 Å². The highest BCUT2D eigenvalue weighted by Crippen LogP contribution is 2.27. The molecule has 6 N–H and O–H groups in total. The van der Waals surface area contributed by atoms with Crippen molar-refractivity contribution in [1.29, 1.82) is 5.26 Å². The Bertz CT molecular complexity index is 2010. The number of nitriles is 1. The van der Waals surface area contributed by atoms with Crippen LogP contribution in [0.5, 0.6) is 0 Å². The summed E-state index contributed by atoms with van der Waals surface area (Å²) in [6.07, 6.45) is 1.04. The van der Waals surface area contributed by atoms with Gasteiger partial charge in [-0.3, -0.25) is 14.4 Å². The summed E-state index contributed by atoms with van der Waals surface area (Å²) >= 11 is 0. The highest BCUT2D eigenvalue weighted by molar-refractivity contribution is 6.02. The lowest BCUT2D eigenvalue weighted by Crippen LogP contribution is -2.50. The van der Waals surface area contributed by atoms with E-state index >= 15 is 0 Å². The van der Waals surface area contributed by atoms with Crippen LogP contribution in [0, 0.1) is 11.3 Å². The van der Waals surface area contributed by atoms with Crippen molar-refractivity contribution in [1.82, 2.24) is 21.3 Å². The van der Waals surface area contributed by atoms with E-state index in [1.807, 2.05) is 92.7 Å². The van der Waals surface area contributed by atoms with Gasteiger partial charge in [0.25, 0.3) is 11.8 Å². The summed E-state index contributed by atoms with van der Waals surface area (Å²) in [5, 5.41) is 22.4. The first kappa shape index (κ1) is 37.0. The Hall–Kier alpha value is -6.24. The molecule has 3 atom stereocenters. The van der Waals surface area contributed by atoms with Gasteiger partial charge in [0.15, 0.2) is 0 Å². The lowest BCUT2D eigenvalue weighted by atomic mass is 9.95. The van der Waals surface area contributed by atoms with Crippen LogP contribution in [0.1, 0.15) is 69.3 Å². The quantitative estimate of drug-likeness (QED) is 0.0811. The van der Waals surface area contributed by atoms with Gasteiger partial charge in [0.2, 0.25) is 5.91 Å². The zero-order valence-electron chi connectivity index (χ0n) is 29.4. The molecule has 0 saturated carbocycles. The molecule has 0 aliphatic heterocycles. The third-order valence-electron chi connectivity index (χ3n) is 8.91. The summed E-state index contributed by atoms with van der Waals surface area (Å²) in [5.74, 6) is -0.877. The van der Waals surface area contributed by atoms with Crippen molar-refractivity contribution in [3.63, 3.8) is 0 Å². The first-order chi connectivity index (χ1) is 25.2. The van der Waals surface area contributed by atoms with Crippen molar-refractivity contribution in [2.45, 2.75) is 51.4 Å². The number of rotatable bonds is 15. The molecule has 0 fully saturated rings. The minimum Gasteiger partial charge on any atom is -0.399 e. The Balaban J connectivity index is 1.38. The number of anilines is 1. The molecule has 0 aliphatic carbocycles.